The third-order valence-corrected chi connectivity index (χ3v) is 10.7. The van der Waals surface area contributed by atoms with Crippen molar-refractivity contribution in [1.29, 1.82) is 0 Å². The maximum atomic E-state index is 5.38. The number of aromatic nitrogens is 3. The molecule has 0 atom stereocenters. The summed E-state index contributed by atoms with van der Waals surface area (Å²) in [6, 6.07) is 62.5. The highest BCUT2D eigenvalue weighted by molar-refractivity contribution is 7.25. The van der Waals surface area contributed by atoms with Crippen LogP contribution in [0.15, 0.2) is 176 Å². The fourth-order valence-electron chi connectivity index (χ4n) is 7.29. The highest BCUT2D eigenvalue weighted by Gasteiger charge is 2.19. The molecule has 7 aromatic carbocycles. The molecule has 0 bridgehead atoms. The van der Waals surface area contributed by atoms with Crippen LogP contribution in [0.25, 0.3) is 92.7 Å². The van der Waals surface area contributed by atoms with Crippen LogP contribution < -0.4 is 0 Å². The molecule has 0 saturated carbocycles. The molecule has 0 unspecified atom stereocenters. The molecule has 10 rings (SSSR count). The Morgan fingerprint density at radius 3 is 1.94 bits per heavy atom. The first kappa shape index (κ1) is 28.6. The number of hydrogen-bond acceptors (Lipinski definition) is 3. The van der Waals surface area contributed by atoms with Crippen molar-refractivity contribution in [3.63, 3.8) is 0 Å². The molecule has 3 nitrogen and oxygen atoms in total. The van der Waals surface area contributed by atoms with Crippen molar-refractivity contribution >= 4 is 53.3 Å². The van der Waals surface area contributed by atoms with Gasteiger partial charge in [-0.25, -0.2) is 9.97 Å². The number of thiophene rings is 1. The smallest absolute Gasteiger partial charge is 0.160 e. The van der Waals surface area contributed by atoms with Crippen molar-refractivity contribution in [3.8, 4) is 50.7 Å². The second-order valence-electron chi connectivity index (χ2n) is 12.6. The van der Waals surface area contributed by atoms with E-state index in [2.05, 4.69) is 180 Å². The van der Waals surface area contributed by atoms with Crippen molar-refractivity contribution < 1.29 is 0 Å². The third-order valence-electron chi connectivity index (χ3n) is 9.61. The van der Waals surface area contributed by atoms with Gasteiger partial charge in [0.1, 0.15) is 0 Å². The van der Waals surface area contributed by atoms with Crippen LogP contribution in [0.4, 0.5) is 0 Å². The highest BCUT2D eigenvalue weighted by atomic mass is 32.1. The van der Waals surface area contributed by atoms with Gasteiger partial charge in [-0.1, -0.05) is 133 Å². The Morgan fingerprint density at radius 1 is 0.400 bits per heavy atom. The fraction of sp³-hybridized carbons (Fsp3) is 0. The number of benzene rings is 7. The van der Waals surface area contributed by atoms with Crippen LogP contribution >= 0.6 is 11.3 Å². The van der Waals surface area contributed by atoms with E-state index in [1.165, 1.54) is 42.0 Å². The van der Waals surface area contributed by atoms with Gasteiger partial charge in [-0.05, 0) is 53.6 Å². The van der Waals surface area contributed by atoms with Gasteiger partial charge in [0, 0.05) is 53.3 Å². The van der Waals surface area contributed by atoms with E-state index in [4.69, 9.17) is 9.97 Å². The molecule has 0 fully saturated rings. The van der Waals surface area contributed by atoms with Gasteiger partial charge in [0.15, 0.2) is 5.82 Å². The molecule has 0 saturated heterocycles. The molecule has 0 N–H and O–H groups in total. The van der Waals surface area contributed by atoms with Crippen LogP contribution in [0.3, 0.4) is 0 Å². The van der Waals surface area contributed by atoms with Crippen LogP contribution in [0, 0.1) is 0 Å². The van der Waals surface area contributed by atoms with Gasteiger partial charge in [-0.2, -0.15) is 0 Å². The Balaban J connectivity index is 1.24. The molecule has 234 valence electrons. The quantitative estimate of drug-likeness (QED) is 0.185. The van der Waals surface area contributed by atoms with Crippen LogP contribution in [0.1, 0.15) is 0 Å². The maximum Gasteiger partial charge on any atom is 0.160 e. The monoisotopic (exact) mass is 655 g/mol. The lowest BCUT2D eigenvalue weighted by atomic mass is 10.00. The predicted molar refractivity (Wildman–Crippen MR) is 211 cm³/mol. The second-order valence-corrected chi connectivity index (χ2v) is 13.7. The Kier molecular flexibility index (Phi) is 6.68. The average Bonchev–Trinajstić information content (AvgIpc) is 3.74. The lowest BCUT2D eigenvalue weighted by molar-refractivity contribution is 1.16. The standard InChI is InChI=1S/C46H29N3S/c1-3-13-30(14-4-1)31-15-11-16-32(27-31)40-29-41(48-46(47-40)33-25-26-37-36-20-8-10-24-43(36)50-44(37)28-33)39-22-12-21-38-35-19-7-9-23-42(35)49(45(38)39)34-17-5-2-6-18-34/h1-29H. The summed E-state index contributed by atoms with van der Waals surface area (Å²) in [5.41, 5.74) is 10.6. The minimum absolute atomic E-state index is 0.710. The highest BCUT2D eigenvalue weighted by Crippen LogP contribution is 2.40. The zero-order valence-electron chi connectivity index (χ0n) is 27.0. The molecule has 50 heavy (non-hydrogen) atoms. The predicted octanol–water partition coefficient (Wildman–Crippen LogP) is 12.6. The second kappa shape index (κ2) is 11.7. The van der Waals surface area contributed by atoms with Gasteiger partial charge in [-0.15, -0.1) is 11.3 Å². The van der Waals surface area contributed by atoms with Gasteiger partial charge in [0.2, 0.25) is 0 Å². The fourth-order valence-corrected chi connectivity index (χ4v) is 8.43. The number of hydrogen-bond donors (Lipinski definition) is 0. The SMILES string of the molecule is c1ccc(-c2cccc(-c3cc(-c4cccc5c6ccccc6n(-c6ccccc6)c45)nc(-c4ccc5c(c4)sc4ccccc45)n3)c2)cc1. The number of para-hydroxylation sites is 3. The van der Waals surface area contributed by atoms with E-state index in [-0.39, 0.29) is 0 Å². The molecule has 0 amide bonds. The van der Waals surface area contributed by atoms with E-state index in [0.717, 1.165) is 44.8 Å². The normalized spacial score (nSPS) is 11.6. The van der Waals surface area contributed by atoms with Crippen LogP contribution in [0.2, 0.25) is 0 Å². The van der Waals surface area contributed by atoms with Crippen LogP contribution in [-0.4, -0.2) is 14.5 Å². The molecular formula is C46H29N3S. The summed E-state index contributed by atoms with van der Waals surface area (Å²) < 4.78 is 4.89. The summed E-state index contributed by atoms with van der Waals surface area (Å²) in [6.45, 7) is 0. The Labute approximate surface area is 293 Å². The van der Waals surface area contributed by atoms with Gasteiger partial charge in [0.25, 0.3) is 0 Å². The van der Waals surface area contributed by atoms with Crippen LogP contribution in [-0.2, 0) is 0 Å². The topological polar surface area (TPSA) is 30.7 Å². The number of nitrogens with zero attached hydrogens (tertiary/aromatic N) is 3. The Morgan fingerprint density at radius 2 is 1.06 bits per heavy atom. The summed E-state index contributed by atoms with van der Waals surface area (Å²) in [6.07, 6.45) is 0. The molecule has 0 spiro atoms. The van der Waals surface area contributed by atoms with E-state index < -0.39 is 0 Å². The van der Waals surface area contributed by atoms with Gasteiger partial charge in [-0.3, -0.25) is 0 Å². The van der Waals surface area contributed by atoms with E-state index in [0.29, 0.717) is 5.82 Å². The number of rotatable bonds is 5. The molecule has 0 aliphatic carbocycles. The van der Waals surface area contributed by atoms with E-state index >= 15 is 0 Å². The third kappa shape index (κ3) is 4.73. The first-order valence-electron chi connectivity index (χ1n) is 16.8. The Bertz CT molecular complexity index is 2870. The molecule has 0 aliphatic heterocycles. The van der Waals surface area contributed by atoms with Gasteiger partial charge >= 0.3 is 0 Å². The summed E-state index contributed by atoms with van der Waals surface area (Å²) in [5, 5.41) is 4.96. The van der Waals surface area contributed by atoms with Crippen molar-refractivity contribution in [2.45, 2.75) is 0 Å². The zero-order chi connectivity index (χ0) is 33.0. The van der Waals surface area contributed by atoms with Crippen LogP contribution in [0.5, 0.6) is 0 Å². The van der Waals surface area contributed by atoms with E-state index in [1.54, 1.807) is 0 Å². The maximum absolute atomic E-state index is 5.38. The lowest BCUT2D eigenvalue weighted by Gasteiger charge is -2.14. The lowest BCUT2D eigenvalue weighted by Crippen LogP contribution is -1.99. The average molecular weight is 656 g/mol. The Hall–Kier alpha value is -6.36. The minimum Gasteiger partial charge on any atom is -0.309 e. The molecule has 3 heterocycles. The van der Waals surface area contributed by atoms with Crippen molar-refractivity contribution in [1.82, 2.24) is 14.5 Å². The van der Waals surface area contributed by atoms with E-state index in [9.17, 15) is 0 Å². The van der Waals surface area contributed by atoms with E-state index in [1.807, 2.05) is 11.3 Å². The van der Waals surface area contributed by atoms with Crippen molar-refractivity contribution in [2.24, 2.45) is 0 Å². The summed E-state index contributed by atoms with van der Waals surface area (Å²) in [7, 11) is 0. The van der Waals surface area contributed by atoms with Gasteiger partial charge in [0.05, 0.1) is 22.4 Å². The molecule has 0 aliphatic rings. The first-order valence-corrected chi connectivity index (χ1v) is 17.6. The summed E-state index contributed by atoms with van der Waals surface area (Å²) >= 11 is 1.82. The zero-order valence-corrected chi connectivity index (χ0v) is 27.8. The first-order chi connectivity index (χ1) is 24.8. The molecule has 3 aromatic heterocycles. The summed E-state index contributed by atoms with van der Waals surface area (Å²) in [5.74, 6) is 0.710. The molecular weight excluding hydrogens is 627 g/mol. The van der Waals surface area contributed by atoms with Gasteiger partial charge < -0.3 is 4.57 Å². The molecule has 0 radical (unpaired) electrons. The number of fused-ring (bicyclic) bond motifs is 6. The molecule has 10 aromatic rings. The minimum atomic E-state index is 0.710. The summed E-state index contributed by atoms with van der Waals surface area (Å²) in [4.78, 5) is 10.7. The largest absolute Gasteiger partial charge is 0.309 e. The van der Waals surface area contributed by atoms with Crippen molar-refractivity contribution in [3.05, 3.63) is 176 Å². The van der Waals surface area contributed by atoms with Crippen molar-refractivity contribution in [2.75, 3.05) is 0 Å². The molecule has 4 heteroatoms.